The van der Waals surface area contributed by atoms with Crippen molar-refractivity contribution in [1.29, 1.82) is 0 Å². The van der Waals surface area contributed by atoms with Crippen LogP contribution in [0.5, 0.6) is 23.0 Å². The highest BCUT2D eigenvalue weighted by Crippen LogP contribution is 2.38. The number of hydrogen-bond donors (Lipinski definition) is 3. The Morgan fingerprint density at radius 3 is 2.46 bits per heavy atom. The maximum absolute atomic E-state index is 14.2. The van der Waals surface area contributed by atoms with Crippen LogP contribution in [0.4, 0.5) is 5.69 Å². The number of ether oxygens (including phenoxy) is 2. The van der Waals surface area contributed by atoms with Crippen LogP contribution >= 0.6 is 0 Å². The van der Waals surface area contributed by atoms with Crippen molar-refractivity contribution in [3.05, 3.63) is 66.2 Å². The van der Waals surface area contributed by atoms with Crippen LogP contribution in [0.15, 0.2) is 60.7 Å². The number of aromatic nitrogens is 3. The molecule has 1 aliphatic rings. The molecule has 0 radical (unpaired) electrons. The number of methoxy groups -OCH3 is 2. The number of nitrogens with one attached hydrogen (secondary N) is 1. The Balaban J connectivity index is 1.62. The molecule has 1 aromatic heterocycles. The molecule has 2 amide bonds. The van der Waals surface area contributed by atoms with Gasteiger partial charge >= 0.3 is 0 Å². The first-order valence-electron chi connectivity index (χ1n) is 13.5. The lowest BCUT2D eigenvalue weighted by Crippen LogP contribution is -2.48. The first kappa shape index (κ1) is 27.8. The molecule has 3 N–H and O–H groups in total. The van der Waals surface area contributed by atoms with Gasteiger partial charge < -0.3 is 25.0 Å². The zero-order valence-corrected chi connectivity index (χ0v) is 23.0. The molecular weight excluding hydrogens is 526 g/mol. The quantitative estimate of drug-likeness (QED) is 0.261. The summed E-state index contributed by atoms with van der Waals surface area (Å²) in [5.74, 6) is -0.776. The van der Waals surface area contributed by atoms with Crippen molar-refractivity contribution in [3.8, 4) is 23.0 Å². The lowest BCUT2D eigenvalue weighted by molar-refractivity contribution is -0.127. The van der Waals surface area contributed by atoms with Crippen molar-refractivity contribution in [2.75, 3.05) is 19.1 Å². The predicted octanol–water partition coefficient (Wildman–Crippen LogP) is 4.08. The molecule has 1 aliphatic carbocycles. The van der Waals surface area contributed by atoms with E-state index in [4.69, 9.17) is 9.47 Å². The summed E-state index contributed by atoms with van der Waals surface area (Å²) in [4.78, 5) is 29.7. The van der Waals surface area contributed by atoms with Crippen molar-refractivity contribution in [2.24, 2.45) is 0 Å². The number of nitrogens with zero attached hydrogens (tertiary/aromatic N) is 4. The molecule has 11 heteroatoms. The summed E-state index contributed by atoms with van der Waals surface area (Å²) in [5.41, 5.74) is 1.99. The molecule has 1 saturated carbocycles. The van der Waals surface area contributed by atoms with E-state index in [1.807, 2.05) is 18.2 Å². The molecule has 41 heavy (non-hydrogen) atoms. The monoisotopic (exact) mass is 559 g/mol. The highest BCUT2D eigenvalue weighted by atomic mass is 16.5. The van der Waals surface area contributed by atoms with Crippen LogP contribution in [-0.4, -0.2) is 57.3 Å². The van der Waals surface area contributed by atoms with Crippen molar-refractivity contribution in [2.45, 2.75) is 50.7 Å². The van der Waals surface area contributed by atoms with E-state index < -0.39 is 23.6 Å². The van der Waals surface area contributed by atoms with Gasteiger partial charge in [-0.25, -0.2) is 4.68 Å². The summed E-state index contributed by atoms with van der Waals surface area (Å²) in [6, 6.07) is 15.1. The standard InChI is InChI=1S/C30H33N5O6/c1-40-26-15-13-21(17-27(26)41-2)35(28(38)18-34-23-11-7-6-10-22(23)32-33-34)29(19-12-14-24(36)25(37)16-19)30(39)31-20-8-4-3-5-9-20/h6-7,10-17,20,29,36-37H,3-5,8-9,18H2,1-2H3,(H,31,39)/t29-/m0/s1. The van der Waals surface area contributed by atoms with Crippen molar-refractivity contribution < 1.29 is 29.3 Å². The summed E-state index contributed by atoms with van der Waals surface area (Å²) in [5, 5.41) is 31.8. The van der Waals surface area contributed by atoms with E-state index >= 15 is 0 Å². The van der Waals surface area contributed by atoms with Crippen LogP contribution in [0.2, 0.25) is 0 Å². The van der Waals surface area contributed by atoms with Crippen LogP contribution in [0, 0.1) is 0 Å². The zero-order valence-electron chi connectivity index (χ0n) is 23.0. The number of benzene rings is 3. The Hall–Kier alpha value is -4.80. The van der Waals surface area contributed by atoms with E-state index in [0.29, 0.717) is 33.8 Å². The molecule has 1 atom stereocenters. The van der Waals surface area contributed by atoms with Crippen LogP contribution in [-0.2, 0) is 16.1 Å². The van der Waals surface area contributed by atoms with Crippen LogP contribution in [0.3, 0.4) is 0 Å². The second-order valence-electron chi connectivity index (χ2n) is 10.0. The minimum atomic E-state index is -1.19. The number of aromatic hydroxyl groups is 2. The largest absolute Gasteiger partial charge is 0.504 e. The average molecular weight is 560 g/mol. The molecule has 0 bridgehead atoms. The fourth-order valence-electron chi connectivity index (χ4n) is 5.31. The molecule has 4 aromatic rings. The van der Waals surface area contributed by atoms with Crippen LogP contribution < -0.4 is 19.7 Å². The number of fused-ring (bicyclic) bond motifs is 1. The number of carbonyl (C=O) groups is 2. The van der Waals surface area contributed by atoms with E-state index in [0.717, 1.165) is 32.1 Å². The summed E-state index contributed by atoms with van der Waals surface area (Å²) < 4.78 is 12.4. The molecule has 0 saturated heterocycles. The lowest BCUT2D eigenvalue weighted by atomic mass is 9.94. The molecule has 3 aromatic carbocycles. The minimum Gasteiger partial charge on any atom is -0.504 e. The van der Waals surface area contributed by atoms with Gasteiger partial charge in [0.25, 0.3) is 0 Å². The predicted molar refractivity (Wildman–Crippen MR) is 152 cm³/mol. The molecule has 0 spiro atoms. The fraction of sp³-hybridized carbons (Fsp3) is 0.333. The van der Waals surface area contributed by atoms with Crippen molar-refractivity contribution in [3.63, 3.8) is 0 Å². The van der Waals surface area contributed by atoms with Gasteiger partial charge in [-0.1, -0.05) is 42.7 Å². The number of anilines is 1. The Kier molecular flexibility index (Phi) is 8.23. The molecule has 0 unspecified atom stereocenters. The number of rotatable bonds is 9. The van der Waals surface area contributed by atoms with Crippen LogP contribution in [0.1, 0.15) is 43.7 Å². The Bertz CT molecular complexity index is 1550. The molecule has 0 aliphatic heterocycles. The summed E-state index contributed by atoms with van der Waals surface area (Å²) in [7, 11) is 3.00. The first-order chi connectivity index (χ1) is 19.9. The van der Waals surface area contributed by atoms with Gasteiger partial charge in [0.15, 0.2) is 23.0 Å². The van der Waals surface area contributed by atoms with Gasteiger partial charge in [0, 0.05) is 17.8 Å². The van der Waals surface area contributed by atoms with Gasteiger partial charge in [0.05, 0.1) is 19.7 Å². The van der Waals surface area contributed by atoms with Crippen molar-refractivity contribution in [1.82, 2.24) is 20.3 Å². The number of amides is 2. The molecule has 5 rings (SSSR count). The first-order valence-corrected chi connectivity index (χ1v) is 13.5. The number of phenolic OH excluding ortho intramolecular Hbond substituents is 2. The summed E-state index contributed by atoms with van der Waals surface area (Å²) in [6.07, 6.45) is 4.81. The van der Waals surface area contributed by atoms with Gasteiger partial charge in [-0.2, -0.15) is 0 Å². The van der Waals surface area contributed by atoms with Gasteiger partial charge in [0.2, 0.25) is 11.8 Å². The second kappa shape index (κ2) is 12.2. The SMILES string of the molecule is COc1ccc(N(C(=O)Cn2nnc3ccccc32)[C@H](C(=O)NC2CCCCC2)c2ccc(O)c(O)c2)cc1OC. The summed E-state index contributed by atoms with van der Waals surface area (Å²) >= 11 is 0. The number of hydrogen-bond acceptors (Lipinski definition) is 8. The summed E-state index contributed by atoms with van der Waals surface area (Å²) in [6.45, 7) is -0.216. The zero-order chi connectivity index (χ0) is 28.9. The van der Waals surface area contributed by atoms with Crippen molar-refractivity contribution >= 4 is 28.5 Å². The van der Waals surface area contributed by atoms with E-state index in [1.165, 1.54) is 42.0 Å². The smallest absolute Gasteiger partial charge is 0.249 e. The Morgan fingerprint density at radius 2 is 1.73 bits per heavy atom. The normalized spacial score (nSPS) is 14.4. The van der Waals surface area contributed by atoms with Gasteiger partial charge in [-0.05, 0) is 54.8 Å². The fourth-order valence-corrected chi connectivity index (χ4v) is 5.31. The topological polar surface area (TPSA) is 139 Å². The highest BCUT2D eigenvalue weighted by Gasteiger charge is 2.35. The van der Waals surface area contributed by atoms with Gasteiger partial charge in [-0.3, -0.25) is 14.5 Å². The third kappa shape index (κ3) is 5.88. The molecule has 11 nitrogen and oxygen atoms in total. The molecule has 1 heterocycles. The maximum Gasteiger partial charge on any atom is 0.249 e. The van der Waals surface area contributed by atoms with Gasteiger partial charge in [-0.15, -0.1) is 5.10 Å². The number of carbonyl (C=O) groups excluding carboxylic acids is 2. The molecule has 214 valence electrons. The minimum absolute atomic E-state index is 0.0360. The Morgan fingerprint density at radius 1 is 0.976 bits per heavy atom. The Labute approximate surface area is 237 Å². The molecular formula is C30H33N5O6. The molecule has 1 fully saturated rings. The van der Waals surface area contributed by atoms with Crippen LogP contribution in [0.25, 0.3) is 11.0 Å². The highest BCUT2D eigenvalue weighted by molar-refractivity contribution is 6.02. The lowest BCUT2D eigenvalue weighted by Gasteiger charge is -2.34. The van der Waals surface area contributed by atoms with E-state index in [9.17, 15) is 19.8 Å². The van der Waals surface area contributed by atoms with E-state index in [2.05, 4.69) is 15.6 Å². The van der Waals surface area contributed by atoms with E-state index in [1.54, 1.807) is 24.3 Å². The van der Waals surface area contributed by atoms with Gasteiger partial charge in [0.1, 0.15) is 18.1 Å². The second-order valence-corrected chi connectivity index (χ2v) is 10.0. The number of para-hydroxylation sites is 1. The average Bonchev–Trinajstić information content (AvgIpc) is 3.40. The third-order valence-electron chi connectivity index (χ3n) is 7.39. The maximum atomic E-state index is 14.2. The number of phenols is 2. The van der Waals surface area contributed by atoms with E-state index in [-0.39, 0.29) is 18.3 Å². The third-order valence-corrected chi connectivity index (χ3v) is 7.39.